The molecule has 0 aliphatic heterocycles. The van der Waals surface area contributed by atoms with Crippen molar-refractivity contribution in [3.8, 4) is 5.75 Å². The molecular weight excluding hydrogens is 380 g/mol. The summed E-state index contributed by atoms with van der Waals surface area (Å²) in [5, 5.41) is 0. The predicted molar refractivity (Wildman–Crippen MR) is 108 cm³/mol. The zero-order valence-electron chi connectivity index (χ0n) is 16.4. The number of nitrogens with zero attached hydrogens (tertiary/aromatic N) is 2. The van der Waals surface area contributed by atoms with E-state index in [-0.39, 0.29) is 30.5 Å². The van der Waals surface area contributed by atoms with Crippen LogP contribution in [-0.2, 0) is 21.4 Å². The molecule has 28 heavy (non-hydrogen) atoms. The van der Waals surface area contributed by atoms with Gasteiger partial charge in [-0.2, -0.15) is 0 Å². The maximum Gasteiger partial charge on any atom is 0.243 e. The second-order valence-electron chi connectivity index (χ2n) is 6.44. The summed E-state index contributed by atoms with van der Waals surface area (Å²) in [6.45, 7) is 1.30. The van der Waals surface area contributed by atoms with E-state index in [1.807, 2.05) is 18.2 Å². The standard InChI is InChI=1S/C20H24N2O5S/c1-15(23)16-9-7-10-18(12-16)22(28(4,25)26)14-20(24)21(2)13-17-8-5-6-11-19(17)27-3/h5-12H,13-14H2,1-4H3. The number of carbonyl (C=O) groups is 2. The Balaban J connectivity index is 2.24. The molecule has 0 radical (unpaired) electrons. The largest absolute Gasteiger partial charge is 0.496 e. The van der Waals surface area contributed by atoms with Gasteiger partial charge in [-0.1, -0.05) is 30.3 Å². The lowest BCUT2D eigenvalue weighted by Gasteiger charge is -2.26. The van der Waals surface area contributed by atoms with E-state index in [9.17, 15) is 18.0 Å². The number of benzene rings is 2. The highest BCUT2D eigenvalue weighted by Crippen LogP contribution is 2.21. The van der Waals surface area contributed by atoms with Crippen LogP contribution >= 0.6 is 0 Å². The number of para-hydroxylation sites is 1. The van der Waals surface area contributed by atoms with Gasteiger partial charge in [0, 0.05) is 24.7 Å². The summed E-state index contributed by atoms with van der Waals surface area (Å²) >= 11 is 0. The van der Waals surface area contributed by atoms with E-state index < -0.39 is 10.0 Å². The lowest BCUT2D eigenvalue weighted by molar-refractivity contribution is -0.128. The van der Waals surface area contributed by atoms with Crippen LogP contribution in [0.1, 0.15) is 22.8 Å². The highest BCUT2D eigenvalue weighted by molar-refractivity contribution is 7.92. The van der Waals surface area contributed by atoms with Gasteiger partial charge in [0.1, 0.15) is 12.3 Å². The van der Waals surface area contributed by atoms with Crippen molar-refractivity contribution in [3.63, 3.8) is 0 Å². The number of methoxy groups -OCH3 is 1. The van der Waals surface area contributed by atoms with Crippen molar-refractivity contribution in [2.24, 2.45) is 0 Å². The van der Waals surface area contributed by atoms with Crippen molar-refractivity contribution in [2.45, 2.75) is 13.5 Å². The first kappa shape index (κ1) is 21.4. The van der Waals surface area contributed by atoms with Crippen molar-refractivity contribution in [2.75, 3.05) is 31.3 Å². The normalized spacial score (nSPS) is 11.0. The Morgan fingerprint density at radius 1 is 1.07 bits per heavy atom. The molecule has 0 unspecified atom stereocenters. The lowest BCUT2D eigenvalue weighted by atomic mass is 10.1. The van der Waals surface area contributed by atoms with Gasteiger partial charge in [0.2, 0.25) is 15.9 Å². The number of hydrogen-bond acceptors (Lipinski definition) is 5. The van der Waals surface area contributed by atoms with Crippen molar-refractivity contribution in [3.05, 3.63) is 59.7 Å². The first-order valence-corrected chi connectivity index (χ1v) is 10.4. The number of ketones is 1. The van der Waals surface area contributed by atoms with E-state index in [2.05, 4.69) is 0 Å². The fraction of sp³-hybridized carbons (Fsp3) is 0.300. The van der Waals surface area contributed by atoms with E-state index >= 15 is 0 Å². The summed E-state index contributed by atoms with van der Waals surface area (Å²) in [5.41, 5.74) is 1.46. The van der Waals surface area contributed by atoms with Gasteiger partial charge in [0.25, 0.3) is 0 Å². The zero-order valence-corrected chi connectivity index (χ0v) is 17.2. The van der Waals surface area contributed by atoms with Gasteiger partial charge in [-0.15, -0.1) is 0 Å². The molecule has 0 atom stereocenters. The Bertz CT molecular complexity index is 972. The van der Waals surface area contributed by atoms with Crippen LogP contribution in [0, 0.1) is 0 Å². The average Bonchev–Trinajstić information content (AvgIpc) is 2.65. The maximum absolute atomic E-state index is 12.7. The van der Waals surface area contributed by atoms with Gasteiger partial charge in [-0.25, -0.2) is 8.42 Å². The summed E-state index contributed by atoms with van der Waals surface area (Å²) in [6.07, 6.45) is 1.03. The Kier molecular flexibility index (Phi) is 6.80. The predicted octanol–water partition coefficient (Wildman–Crippen LogP) is 2.32. The van der Waals surface area contributed by atoms with Gasteiger partial charge in [-0.05, 0) is 25.1 Å². The van der Waals surface area contributed by atoms with Crippen molar-refractivity contribution < 1.29 is 22.7 Å². The molecule has 0 saturated heterocycles. The van der Waals surface area contributed by atoms with Crippen molar-refractivity contribution >= 4 is 27.4 Å². The smallest absolute Gasteiger partial charge is 0.243 e. The maximum atomic E-state index is 12.7. The summed E-state index contributed by atoms with van der Waals surface area (Å²) in [6, 6.07) is 13.5. The van der Waals surface area contributed by atoms with Gasteiger partial charge in [0.15, 0.2) is 5.78 Å². The summed E-state index contributed by atoms with van der Waals surface area (Å²) in [4.78, 5) is 25.8. The highest BCUT2D eigenvalue weighted by atomic mass is 32.2. The molecule has 2 rings (SSSR count). The van der Waals surface area contributed by atoms with Crippen LogP contribution < -0.4 is 9.04 Å². The van der Waals surface area contributed by atoms with Crippen LogP contribution in [0.5, 0.6) is 5.75 Å². The van der Waals surface area contributed by atoms with Gasteiger partial charge in [-0.3, -0.25) is 13.9 Å². The fourth-order valence-electron chi connectivity index (χ4n) is 2.70. The SMILES string of the molecule is COc1ccccc1CN(C)C(=O)CN(c1cccc(C(C)=O)c1)S(C)(=O)=O. The van der Waals surface area contributed by atoms with Gasteiger partial charge >= 0.3 is 0 Å². The molecule has 0 saturated carbocycles. The Morgan fingerprint density at radius 3 is 2.36 bits per heavy atom. The Labute approximate surface area is 165 Å². The molecule has 0 aromatic heterocycles. The third-order valence-corrected chi connectivity index (χ3v) is 5.39. The van der Waals surface area contributed by atoms with Crippen LogP contribution in [0.25, 0.3) is 0 Å². The lowest BCUT2D eigenvalue weighted by Crippen LogP contribution is -2.41. The average molecular weight is 404 g/mol. The summed E-state index contributed by atoms with van der Waals surface area (Å²) in [5.74, 6) is 0.0794. The molecule has 150 valence electrons. The number of ether oxygens (including phenoxy) is 1. The van der Waals surface area contributed by atoms with Crippen molar-refractivity contribution in [1.29, 1.82) is 0 Å². The van der Waals surface area contributed by atoms with Crippen LogP contribution in [0.2, 0.25) is 0 Å². The molecule has 8 heteroatoms. The fourth-order valence-corrected chi connectivity index (χ4v) is 3.54. The van der Waals surface area contributed by atoms with E-state index in [1.54, 1.807) is 38.4 Å². The second-order valence-corrected chi connectivity index (χ2v) is 8.34. The van der Waals surface area contributed by atoms with E-state index in [1.165, 1.54) is 17.9 Å². The number of rotatable bonds is 8. The van der Waals surface area contributed by atoms with Gasteiger partial charge in [0.05, 0.1) is 19.1 Å². The molecule has 7 nitrogen and oxygen atoms in total. The minimum Gasteiger partial charge on any atom is -0.496 e. The minimum absolute atomic E-state index is 0.185. The molecule has 2 aromatic rings. The van der Waals surface area contributed by atoms with Gasteiger partial charge < -0.3 is 9.64 Å². The third-order valence-electron chi connectivity index (χ3n) is 4.25. The van der Waals surface area contributed by atoms with E-state index in [4.69, 9.17) is 4.74 Å². The van der Waals surface area contributed by atoms with E-state index in [0.717, 1.165) is 16.1 Å². The summed E-state index contributed by atoms with van der Waals surface area (Å²) < 4.78 is 30.9. The molecule has 0 aliphatic carbocycles. The molecule has 0 aliphatic rings. The minimum atomic E-state index is -3.72. The number of Topliss-reactive ketones (excluding diaryl/α,β-unsaturated/α-hetero) is 1. The summed E-state index contributed by atoms with van der Waals surface area (Å²) in [7, 11) is -0.577. The molecule has 0 N–H and O–H groups in total. The number of carbonyl (C=O) groups excluding carboxylic acids is 2. The zero-order chi connectivity index (χ0) is 20.9. The molecule has 0 bridgehead atoms. The van der Waals surface area contributed by atoms with E-state index in [0.29, 0.717) is 11.3 Å². The Morgan fingerprint density at radius 2 is 1.75 bits per heavy atom. The Hall–Kier alpha value is -2.87. The number of amides is 1. The first-order valence-electron chi connectivity index (χ1n) is 8.58. The monoisotopic (exact) mass is 404 g/mol. The van der Waals surface area contributed by atoms with Crippen LogP contribution in [0.3, 0.4) is 0 Å². The highest BCUT2D eigenvalue weighted by Gasteiger charge is 2.23. The topological polar surface area (TPSA) is 84.0 Å². The number of likely N-dealkylation sites (N-methyl/N-ethyl adjacent to an activating group) is 1. The molecule has 2 aromatic carbocycles. The van der Waals surface area contributed by atoms with Crippen LogP contribution in [-0.4, -0.2) is 52.0 Å². The molecule has 0 fully saturated rings. The number of hydrogen-bond donors (Lipinski definition) is 0. The quantitative estimate of drug-likeness (QED) is 0.631. The van der Waals surface area contributed by atoms with Crippen LogP contribution in [0.4, 0.5) is 5.69 Å². The van der Waals surface area contributed by atoms with Crippen LogP contribution in [0.15, 0.2) is 48.5 Å². The number of anilines is 1. The molecule has 0 spiro atoms. The molecule has 0 heterocycles. The number of sulfonamides is 1. The van der Waals surface area contributed by atoms with Crippen molar-refractivity contribution in [1.82, 2.24) is 4.90 Å². The third kappa shape index (κ3) is 5.32. The molecule has 1 amide bonds. The first-order chi connectivity index (χ1) is 13.1. The molecular formula is C20H24N2O5S. The second kappa shape index (κ2) is 8.88.